The summed E-state index contributed by atoms with van der Waals surface area (Å²) in [6.45, 7) is 8.09. The zero-order valence-corrected chi connectivity index (χ0v) is 15.1. The normalized spacial score (nSPS) is 18.6. The molecule has 5 heteroatoms. The van der Waals surface area contributed by atoms with Gasteiger partial charge in [0.25, 0.3) is 0 Å². The minimum Gasteiger partial charge on any atom is -0.462 e. The summed E-state index contributed by atoms with van der Waals surface area (Å²) < 4.78 is 13.8. The highest BCUT2D eigenvalue weighted by molar-refractivity contribution is 5.11. The Hall–Kier alpha value is -1.59. The Bertz CT molecular complexity index is 626. The van der Waals surface area contributed by atoms with Crippen LogP contribution in [0.5, 0.6) is 0 Å². The number of hydrogen-bond donors (Lipinski definition) is 0. The minimum atomic E-state index is 0.143. The van der Waals surface area contributed by atoms with Crippen LogP contribution >= 0.6 is 0 Å². The average Bonchev–Trinajstić information content (AvgIpc) is 3.17. The molecule has 132 valence electrons. The second kappa shape index (κ2) is 7.99. The van der Waals surface area contributed by atoms with E-state index in [0.29, 0.717) is 5.92 Å². The zero-order valence-electron chi connectivity index (χ0n) is 15.1. The van der Waals surface area contributed by atoms with Gasteiger partial charge in [0.15, 0.2) is 0 Å². The molecule has 0 saturated carbocycles. The zero-order chi connectivity index (χ0) is 16.9. The number of aryl methyl sites for hydroxylation is 1. The maximum absolute atomic E-state index is 6.09. The predicted octanol–water partition coefficient (Wildman–Crippen LogP) is 3.91. The Labute approximate surface area is 144 Å². The first kappa shape index (κ1) is 17.2. The van der Waals surface area contributed by atoms with Crippen LogP contribution in [0.2, 0.25) is 0 Å². The molecule has 0 radical (unpaired) electrons. The van der Waals surface area contributed by atoms with Gasteiger partial charge in [0.2, 0.25) is 0 Å². The van der Waals surface area contributed by atoms with Crippen LogP contribution in [0.4, 0.5) is 0 Å². The number of nitrogens with zero attached hydrogens (tertiary/aromatic N) is 3. The Kier molecular flexibility index (Phi) is 5.74. The largest absolute Gasteiger partial charge is 0.462 e. The summed E-state index contributed by atoms with van der Waals surface area (Å²) in [5.74, 6) is 2.61. The van der Waals surface area contributed by atoms with Crippen molar-refractivity contribution in [2.24, 2.45) is 13.0 Å². The van der Waals surface area contributed by atoms with E-state index in [-0.39, 0.29) is 6.10 Å². The summed E-state index contributed by atoms with van der Waals surface area (Å²) >= 11 is 0. The molecular weight excluding hydrogens is 302 g/mol. The van der Waals surface area contributed by atoms with Gasteiger partial charge >= 0.3 is 0 Å². The van der Waals surface area contributed by atoms with Gasteiger partial charge in [0, 0.05) is 38.5 Å². The van der Waals surface area contributed by atoms with Crippen LogP contribution in [-0.2, 0) is 24.9 Å². The standard InChI is InChI=1S/C19H29N3O2/c1-15(2)11-22(13-16-10-20-21(3)12-16)14-17-7-8-19(24-17)18-6-4-5-9-23-18/h7-8,10,12,15,18H,4-6,9,11,13-14H2,1-3H3. The van der Waals surface area contributed by atoms with Crippen molar-refractivity contribution in [3.63, 3.8) is 0 Å². The third kappa shape index (κ3) is 4.71. The number of furan rings is 1. The first-order chi connectivity index (χ1) is 11.6. The van der Waals surface area contributed by atoms with Gasteiger partial charge in [-0.3, -0.25) is 9.58 Å². The summed E-state index contributed by atoms with van der Waals surface area (Å²) in [5, 5.41) is 4.27. The predicted molar refractivity (Wildman–Crippen MR) is 93.4 cm³/mol. The van der Waals surface area contributed by atoms with E-state index in [4.69, 9.17) is 9.15 Å². The fourth-order valence-corrected chi connectivity index (χ4v) is 3.35. The van der Waals surface area contributed by atoms with Gasteiger partial charge in [0.05, 0.1) is 12.7 Å². The van der Waals surface area contributed by atoms with Gasteiger partial charge in [-0.15, -0.1) is 0 Å². The maximum Gasteiger partial charge on any atom is 0.133 e. The van der Waals surface area contributed by atoms with Crippen LogP contribution in [-0.4, -0.2) is 27.8 Å². The SMILES string of the molecule is CC(C)CN(Cc1cnn(C)c1)Cc1ccc(C2CCCCO2)o1. The molecule has 1 aliphatic heterocycles. The van der Waals surface area contributed by atoms with Crippen LogP contribution < -0.4 is 0 Å². The fraction of sp³-hybridized carbons (Fsp3) is 0.632. The molecule has 0 spiro atoms. The Morgan fingerprint density at radius 2 is 2.17 bits per heavy atom. The summed E-state index contributed by atoms with van der Waals surface area (Å²) in [5.41, 5.74) is 1.24. The molecule has 24 heavy (non-hydrogen) atoms. The number of rotatable bonds is 7. The topological polar surface area (TPSA) is 43.4 Å². The van der Waals surface area contributed by atoms with Crippen LogP contribution in [0.15, 0.2) is 28.9 Å². The van der Waals surface area contributed by atoms with Crippen molar-refractivity contribution in [1.82, 2.24) is 14.7 Å². The molecule has 1 fully saturated rings. The monoisotopic (exact) mass is 331 g/mol. The van der Waals surface area contributed by atoms with E-state index < -0.39 is 0 Å². The highest BCUT2D eigenvalue weighted by Crippen LogP contribution is 2.29. The quantitative estimate of drug-likeness (QED) is 0.771. The molecule has 0 amide bonds. The summed E-state index contributed by atoms with van der Waals surface area (Å²) in [4.78, 5) is 2.42. The van der Waals surface area contributed by atoms with Gasteiger partial charge in [-0.05, 0) is 37.3 Å². The third-order valence-electron chi connectivity index (χ3n) is 4.35. The molecule has 0 N–H and O–H groups in total. The summed E-state index contributed by atoms with van der Waals surface area (Å²) in [6, 6.07) is 4.19. The summed E-state index contributed by atoms with van der Waals surface area (Å²) in [7, 11) is 1.96. The van der Waals surface area contributed by atoms with Gasteiger partial charge in [0.1, 0.15) is 17.6 Å². The highest BCUT2D eigenvalue weighted by Gasteiger charge is 2.20. The smallest absolute Gasteiger partial charge is 0.133 e. The Balaban J connectivity index is 1.64. The van der Waals surface area contributed by atoms with Crippen LogP contribution in [0.3, 0.4) is 0 Å². The van der Waals surface area contributed by atoms with Gasteiger partial charge < -0.3 is 9.15 Å². The molecule has 1 atom stereocenters. The van der Waals surface area contributed by atoms with E-state index >= 15 is 0 Å². The highest BCUT2D eigenvalue weighted by atomic mass is 16.5. The fourth-order valence-electron chi connectivity index (χ4n) is 3.35. The van der Waals surface area contributed by atoms with Crippen molar-refractivity contribution in [1.29, 1.82) is 0 Å². The van der Waals surface area contributed by atoms with E-state index in [1.54, 1.807) is 0 Å². The second-order valence-corrected chi connectivity index (χ2v) is 7.25. The first-order valence-electron chi connectivity index (χ1n) is 9.00. The van der Waals surface area contributed by atoms with Crippen molar-refractivity contribution in [3.8, 4) is 0 Å². The molecule has 2 aromatic rings. The molecule has 0 aliphatic carbocycles. The number of hydrogen-bond acceptors (Lipinski definition) is 4. The van der Waals surface area contributed by atoms with E-state index in [9.17, 15) is 0 Å². The van der Waals surface area contributed by atoms with Crippen molar-refractivity contribution < 1.29 is 9.15 Å². The number of aromatic nitrogens is 2. The molecule has 1 saturated heterocycles. The van der Waals surface area contributed by atoms with E-state index in [1.165, 1.54) is 12.0 Å². The van der Waals surface area contributed by atoms with Crippen LogP contribution in [0, 0.1) is 5.92 Å². The molecular formula is C19H29N3O2. The molecule has 3 heterocycles. The third-order valence-corrected chi connectivity index (χ3v) is 4.35. The van der Waals surface area contributed by atoms with Crippen LogP contribution in [0.25, 0.3) is 0 Å². The van der Waals surface area contributed by atoms with E-state index in [0.717, 1.165) is 50.6 Å². The number of ether oxygens (including phenoxy) is 1. The van der Waals surface area contributed by atoms with Crippen molar-refractivity contribution in [2.75, 3.05) is 13.2 Å². The molecule has 0 aromatic carbocycles. The molecule has 0 bridgehead atoms. The Morgan fingerprint density at radius 3 is 2.83 bits per heavy atom. The van der Waals surface area contributed by atoms with Gasteiger partial charge in [-0.1, -0.05) is 13.8 Å². The lowest BCUT2D eigenvalue weighted by Gasteiger charge is -2.23. The molecule has 3 rings (SSSR count). The van der Waals surface area contributed by atoms with Gasteiger partial charge in [-0.25, -0.2) is 0 Å². The maximum atomic E-state index is 6.09. The lowest BCUT2D eigenvalue weighted by atomic mass is 10.1. The Morgan fingerprint density at radius 1 is 1.29 bits per heavy atom. The lowest BCUT2D eigenvalue weighted by Crippen LogP contribution is -2.26. The van der Waals surface area contributed by atoms with Crippen molar-refractivity contribution in [2.45, 2.75) is 52.3 Å². The van der Waals surface area contributed by atoms with Gasteiger partial charge in [-0.2, -0.15) is 5.10 Å². The molecule has 2 aromatic heterocycles. The molecule has 1 aliphatic rings. The second-order valence-electron chi connectivity index (χ2n) is 7.25. The summed E-state index contributed by atoms with van der Waals surface area (Å²) in [6.07, 6.45) is 7.62. The minimum absolute atomic E-state index is 0.143. The molecule has 1 unspecified atom stereocenters. The molecule has 5 nitrogen and oxygen atoms in total. The first-order valence-corrected chi connectivity index (χ1v) is 9.00. The van der Waals surface area contributed by atoms with E-state index in [1.807, 2.05) is 17.9 Å². The van der Waals surface area contributed by atoms with Crippen LogP contribution in [0.1, 0.15) is 56.3 Å². The average molecular weight is 331 g/mol. The van der Waals surface area contributed by atoms with Crippen molar-refractivity contribution in [3.05, 3.63) is 41.6 Å². The van der Waals surface area contributed by atoms with E-state index in [2.05, 4.69) is 42.2 Å². The lowest BCUT2D eigenvalue weighted by molar-refractivity contribution is 0.000775. The van der Waals surface area contributed by atoms with Crippen molar-refractivity contribution >= 4 is 0 Å².